The molecule has 0 saturated heterocycles. The molecule has 5 heteroatoms. The number of ether oxygens (including phenoxy) is 1. The van der Waals surface area contributed by atoms with E-state index in [-0.39, 0.29) is 18.4 Å². The molecule has 0 aliphatic carbocycles. The summed E-state index contributed by atoms with van der Waals surface area (Å²) in [5, 5.41) is 9.01. The first-order chi connectivity index (χ1) is 7.52. The van der Waals surface area contributed by atoms with Crippen LogP contribution in [0.4, 0.5) is 8.78 Å². The Kier molecular flexibility index (Phi) is 4.61. The molecule has 0 fully saturated rings. The molecular formula is C11H15F2NO2. The molecule has 0 aliphatic heterocycles. The minimum atomic E-state index is -2.53. The lowest BCUT2D eigenvalue weighted by atomic mass is 10.1. The second kappa shape index (κ2) is 5.75. The van der Waals surface area contributed by atoms with Gasteiger partial charge in [0.25, 0.3) is 6.43 Å². The normalized spacial score (nSPS) is 11.2. The Labute approximate surface area is 93.1 Å². The Morgan fingerprint density at radius 3 is 2.56 bits per heavy atom. The number of aliphatic hydroxyl groups excluding tert-OH is 1. The summed E-state index contributed by atoms with van der Waals surface area (Å²) in [6.45, 7) is 3.02. The zero-order valence-electron chi connectivity index (χ0n) is 9.28. The Bertz CT molecular complexity index is 343. The van der Waals surface area contributed by atoms with Crippen molar-refractivity contribution in [1.29, 1.82) is 0 Å². The minimum Gasteiger partial charge on any atom is -0.472 e. The van der Waals surface area contributed by atoms with Crippen molar-refractivity contribution in [2.75, 3.05) is 6.61 Å². The molecular weight excluding hydrogens is 216 g/mol. The van der Waals surface area contributed by atoms with E-state index >= 15 is 0 Å². The van der Waals surface area contributed by atoms with Crippen LogP contribution >= 0.6 is 0 Å². The molecule has 1 N–H and O–H groups in total. The number of hydrogen-bond donors (Lipinski definition) is 1. The third-order valence-corrected chi connectivity index (χ3v) is 2.01. The molecule has 1 aromatic rings. The molecule has 3 nitrogen and oxygen atoms in total. The van der Waals surface area contributed by atoms with E-state index < -0.39 is 13.0 Å². The Balaban J connectivity index is 2.86. The summed E-state index contributed by atoms with van der Waals surface area (Å²) >= 11 is 0. The lowest BCUT2D eigenvalue weighted by molar-refractivity contribution is 0.0793. The minimum absolute atomic E-state index is 0.135. The highest BCUT2D eigenvalue weighted by molar-refractivity contribution is 5.26. The van der Waals surface area contributed by atoms with Gasteiger partial charge in [-0.3, -0.25) is 0 Å². The van der Waals surface area contributed by atoms with Crippen molar-refractivity contribution in [3.05, 3.63) is 23.4 Å². The van der Waals surface area contributed by atoms with E-state index in [1.807, 2.05) is 13.8 Å². The first-order valence-electron chi connectivity index (χ1n) is 5.05. The summed E-state index contributed by atoms with van der Waals surface area (Å²) < 4.78 is 28.7. The maximum atomic E-state index is 12.0. The topological polar surface area (TPSA) is 42.4 Å². The van der Waals surface area contributed by atoms with Crippen LogP contribution in [0.25, 0.3) is 0 Å². The predicted octanol–water partition coefficient (Wildman–Crippen LogP) is 2.34. The first-order valence-corrected chi connectivity index (χ1v) is 5.05. The molecule has 1 rings (SSSR count). The van der Waals surface area contributed by atoms with Gasteiger partial charge in [0.1, 0.15) is 0 Å². The maximum Gasteiger partial charge on any atom is 0.272 e. The summed E-state index contributed by atoms with van der Waals surface area (Å²) in [5.41, 5.74) is 1.33. The van der Waals surface area contributed by atoms with E-state index in [4.69, 9.17) is 9.84 Å². The van der Waals surface area contributed by atoms with E-state index in [0.29, 0.717) is 5.56 Å². The van der Waals surface area contributed by atoms with Crippen LogP contribution in [0.5, 0.6) is 5.88 Å². The van der Waals surface area contributed by atoms with E-state index in [2.05, 4.69) is 4.98 Å². The number of aromatic nitrogens is 1. The van der Waals surface area contributed by atoms with E-state index in [1.54, 1.807) is 6.07 Å². The average Bonchev–Trinajstić information content (AvgIpc) is 2.25. The van der Waals surface area contributed by atoms with Crippen LogP contribution in [-0.2, 0) is 6.61 Å². The van der Waals surface area contributed by atoms with Crippen molar-refractivity contribution in [2.45, 2.75) is 32.8 Å². The van der Waals surface area contributed by atoms with Gasteiger partial charge in [-0.2, -0.15) is 0 Å². The van der Waals surface area contributed by atoms with Gasteiger partial charge in [-0.1, -0.05) is 13.8 Å². The molecule has 0 spiro atoms. The van der Waals surface area contributed by atoms with Crippen molar-refractivity contribution in [2.24, 2.45) is 0 Å². The van der Waals surface area contributed by atoms with Crippen molar-refractivity contribution in [1.82, 2.24) is 4.98 Å². The molecule has 16 heavy (non-hydrogen) atoms. The molecule has 90 valence electrons. The third kappa shape index (κ3) is 3.73. The van der Waals surface area contributed by atoms with Gasteiger partial charge < -0.3 is 9.84 Å². The van der Waals surface area contributed by atoms with Crippen LogP contribution in [-0.4, -0.2) is 23.1 Å². The maximum absolute atomic E-state index is 12.0. The number of aliphatic hydroxyl groups is 1. The Hall–Kier alpha value is -1.23. The van der Waals surface area contributed by atoms with Gasteiger partial charge in [0.05, 0.1) is 6.61 Å². The van der Waals surface area contributed by atoms with E-state index in [1.165, 1.54) is 6.07 Å². The molecule has 0 unspecified atom stereocenters. The highest BCUT2D eigenvalue weighted by Gasteiger charge is 2.09. The highest BCUT2D eigenvalue weighted by Crippen LogP contribution is 2.19. The molecule has 0 amide bonds. The van der Waals surface area contributed by atoms with Gasteiger partial charge >= 0.3 is 0 Å². The largest absolute Gasteiger partial charge is 0.472 e. The van der Waals surface area contributed by atoms with Gasteiger partial charge in [0.15, 0.2) is 6.61 Å². The highest BCUT2D eigenvalue weighted by atomic mass is 19.3. The fraction of sp³-hybridized carbons (Fsp3) is 0.545. The standard InChI is InChI=1S/C11H15F2NO2/c1-7(2)9-3-8(5-15)4-11(14-9)16-6-10(12)13/h3-4,7,10,15H,5-6H2,1-2H3. The number of hydrogen-bond acceptors (Lipinski definition) is 3. The van der Waals surface area contributed by atoms with Crippen LogP contribution in [0, 0.1) is 0 Å². The van der Waals surface area contributed by atoms with Gasteiger partial charge in [0, 0.05) is 11.8 Å². The number of halogens is 2. The molecule has 1 heterocycles. The summed E-state index contributed by atoms with van der Waals surface area (Å²) in [4.78, 5) is 4.09. The Morgan fingerprint density at radius 1 is 1.38 bits per heavy atom. The van der Waals surface area contributed by atoms with Crippen molar-refractivity contribution >= 4 is 0 Å². The monoisotopic (exact) mass is 231 g/mol. The first kappa shape index (κ1) is 12.8. The molecule has 0 aliphatic rings. The van der Waals surface area contributed by atoms with Gasteiger partial charge in [-0.15, -0.1) is 0 Å². The lowest BCUT2D eigenvalue weighted by Crippen LogP contribution is -2.09. The smallest absolute Gasteiger partial charge is 0.272 e. The molecule has 0 bridgehead atoms. The van der Waals surface area contributed by atoms with Crippen molar-refractivity contribution in [3.63, 3.8) is 0 Å². The number of nitrogens with zero attached hydrogens (tertiary/aromatic N) is 1. The molecule has 0 saturated carbocycles. The zero-order valence-corrected chi connectivity index (χ0v) is 9.28. The van der Waals surface area contributed by atoms with Gasteiger partial charge in [-0.05, 0) is 17.5 Å². The molecule has 1 aromatic heterocycles. The molecule has 0 aromatic carbocycles. The van der Waals surface area contributed by atoms with Gasteiger partial charge in [0.2, 0.25) is 5.88 Å². The second-order valence-corrected chi connectivity index (χ2v) is 3.75. The molecule has 0 radical (unpaired) electrons. The lowest BCUT2D eigenvalue weighted by Gasteiger charge is -2.10. The third-order valence-electron chi connectivity index (χ3n) is 2.01. The van der Waals surface area contributed by atoms with Crippen LogP contribution in [0.2, 0.25) is 0 Å². The molecule has 0 atom stereocenters. The second-order valence-electron chi connectivity index (χ2n) is 3.75. The van der Waals surface area contributed by atoms with Gasteiger partial charge in [-0.25, -0.2) is 13.8 Å². The summed E-state index contributed by atoms with van der Waals surface area (Å²) in [7, 11) is 0. The quantitative estimate of drug-likeness (QED) is 0.845. The number of alkyl halides is 2. The van der Waals surface area contributed by atoms with Crippen LogP contribution in [0.3, 0.4) is 0 Å². The summed E-state index contributed by atoms with van der Waals surface area (Å²) in [6, 6.07) is 3.20. The summed E-state index contributed by atoms with van der Waals surface area (Å²) in [6.07, 6.45) is -2.53. The van der Waals surface area contributed by atoms with Crippen LogP contribution < -0.4 is 4.74 Å². The number of rotatable bonds is 5. The van der Waals surface area contributed by atoms with Crippen LogP contribution in [0.1, 0.15) is 31.0 Å². The van der Waals surface area contributed by atoms with E-state index in [9.17, 15) is 8.78 Å². The van der Waals surface area contributed by atoms with Crippen molar-refractivity contribution < 1.29 is 18.6 Å². The number of pyridine rings is 1. The van der Waals surface area contributed by atoms with E-state index in [0.717, 1.165) is 5.69 Å². The fourth-order valence-electron chi connectivity index (χ4n) is 1.19. The zero-order chi connectivity index (χ0) is 12.1. The SMILES string of the molecule is CC(C)c1cc(CO)cc(OCC(F)F)n1. The predicted molar refractivity (Wildman–Crippen MR) is 55.7 cm³/mol. The summed E-state index contributed by atoms with van der Waals surface area (Å²) in [5.74, 6) is 0.288. The van der Waals surface area contributed by atoms with Crippen molar-refractivity contribution in [3.8, 4) is 5.88 Å². The average molecular weight is 231 g/mol. The fourth-order valence-corrected chi connectivity index (χ4v) is 1.19. The van der Waals surface area contributed by atoms with Crippen LogP contribution in [0.15, 0.2) is 12.1 Å². The Morgan fingerprint density at radius 2 is 2.06 bits per heavy atom.